The van der Waals surface area contributed by atoms with Crippen molar-refractivity contribution < 1.29 is 4.79 Å². The molecule has 0 bridgehead atoms. The van der Waals surface area contributed by atoms with E-state index in [1.165, 1.54) is 25.7 Å². The van der Waals surface area contributed by atoms with Gasteiger partial charge in [0.25, 0.3) is 5.56 Å². The van der Waals surface area contributed by atoms with E-state index in [0.717, 1.165) is 55.7 Å². The van der Waals surface area contributed by atoms with Crippen LogP contribution in [-0.4, -0.2) is 43.7 Å². The Balaban J connectivity index is 1.30. The highest BCUT2D eigenvalue weighted by atomic mass is 16.2. The summed E-state index contributed by atoms with van der Waals surface area (Å²) in [6.07, 6.45) is 11.8. The zero-order valence-corrected chi connectivity index (χ0v) is 18.1. The minimum absolute atomic E-state index is 0.0500. The molecule has 5 rings (SSSR count). The molecule has 31 heavy (non-hydrogen) atoms. The molecule has 1 atom stereocenters. The molecule has 0 radical (unpaired) electrons. The Kier molecular flexibility index (Phi) is 5.85. The first-order chi connectivity index (χ1) is 15.2. The molecule has 3 aliphatic rings. The number of rotatable bonds is 5. The molecule has 0 spiro atoms. The Morgan fingerprint density at radius 1 is 1.16 bits per heavy atom. The van der Waals surface area contributed by atoms with Gasteiger partial charge < -0.3 is 9.88 Å². The number of hydrogen-bond donors (Lipinski definition) is 1. The summed E-state index contributed by atoms with van der Waals surface area (Å²) in [6, 6.07) is 3.92. The molecule has 1 N–H and O–H groups in total. The number of amides is 1. The van der Waals surface area contributed by atoms with E-state index in [1.807, 2.05) is 17.2 Å². The highest BCUT2D eigenvalue weighted by Gasteiger charge is 2.34. The monoisotopic (exact) mass is 421 g/mol. The summed E-state index contributed by atoms with van der Waals surface area (Å²) in [4.78, 5) is 42.3. The standard InChI is InChI=1S/C24H31N5O2/c30-22(13-17-5-1-2-6-17)29-11-4-8-21(29)23-26-20-9-12-28(16-19(20)24(31)27-23)15-18-7-3-10-25-14-18/h3,7,10,14,17,21H,1-2,4-6,8-9,11-13,15-16H2,(H,26,27,31)/t21-/m0/s1. The maximum absolute atomic E-state index is 13.0. The van der Waals surface area contributed by atoms with Crippen LogP contribution < -0.4 is 5.56 Å². The fourth-order valence-electron chi connectivity index (χ4n) is 5.47. The van der Waals surface area contributed by atoms with E-state index in [0.29, 0.717) is 24.7 Å². The Labute approximate surface area is 182 Å². The number of carbonyl (C=O) groups excluding carboxylic acids is 1. The van der Waals surface area contributed by atoms with Crippen LogP contribution in [0.2, 0.25) is 0 Å². The molecule has 1 amide bonds. The van der Waals surface area contributed by atoms with E-state index in [4.69, 9.17) is 4.98 Å². The van der Waals surface area contributed by atoms with Gasteiger partial charge in [-0.25, -0.2) is 4.98 Å². The predicted molar refractivity (Wildman–Crippen MR) is 117 cm³/mol. The number of likely N-dealkylation sites (tertiary alicyclic amines) is 1. The fraction of sp³-hybridized carbons (Fsp3) is 0.583. The van der Waals surface area contributed by atoms with Gasteiger partial charge in [0.1, 0.15) is 5.82 Å². The van der Waals surface area contributed by atoms with Crippen molar-refractivity contribution in [1.82, 2.24) is 24.8 Å². The first-order valence-corrected chi connectivity index (χ1v) is 11.7. The highest BCUT2D eigenvalue weighted by Crippen LogP contribution is 2.34. The van der Waals surface area contributed by atoms with E-state index < -0.39 is 0 Å². The van der Waals surface area contributed by atoms with Crippen LogP contribution >= 0.6 is 0 Å². The van der Waals surface area contributed by atoms with Gasteiger partial charge in [-0.1, -0.05) is 18.9 Å². The van der Waals surface area contributed by atoms with Gasteiger partial charge in [-0.2, -0.15) is 0 Å². The number of aromatic amines is 1. The molecule has 0 aromatic carbocycles. The number of carbonyl (C=O) groups is 1. The van der Waals surface area contributed by atoms with Crippen LogP contribution in [0, 0.1) is 5.92 Å². The number of fused-ring (bicyclic) bond motifs is 1. The van der Waals surface area contributed by atoms with E-state index in [2.05, 4.69) is 20.9 Å². The molecule has 2 aliphatic heterocycles. The van der Waals surface area contributed by atoms with Gasteiger partial charge in [0.05, 0.1) is 17.3 Å². The molecule has 7 heteroatoms. The number of H-pyrrole nitrogens is 1. The number of nitrogens with one attached hydrogen (secondary N) is 1. The predicted octanol–water partition coefficient (Wildman–Crippen LogP) is 2.97. The van der Waals surface area contributed by atoms with Gasteiger partial charge in [0.2, 0.25) is 5.91 Å². The minimum Gasteiger partial charge on any atom is -0.333 e. The molecule has 4 heterocycles. The maximum Gasteiger partial charge on any atom is 0.255 e. The van der Waals surface area contributed by atoms with Crippen molar-refractivity contribution in [1.29, 1.82) is 0 Å². The molecule has 1 aliphatic carbocycles. The van der Waals surface area contributed by atoms with Crippen molar-refractivity contribution in [2.24, 2.45) is 5.92 Å². The smallest absolute Gasteiger partial charge is 0.255 e. The van der Waals surface area contributed by atoms with Gasteiger partial charge in [0, 0.05) is 51.4 Å². The summed E-state index contributed by atoms with van der Waals surface area (Å²) in [5.41, 5.74) is 2.76. The molecular formula is C24H31N5O2. The SMILES string of the molecule is O=C(CC1CCCC1)N1CCC[C@H]1c1nc2c(c(=O)[nH]1)CN(Cc1cccnc1)CC2. The fourth-order valence-corrected chi connectivity index (χ4v) is 5.47. The molecule has 2 aromatic rings. The van der Waals surface area contributed by atoms with Crippen LogP contribution in [0.4, 0.5) is 0 Å². The molecule has 0 unspecified atom stereocenters. The van der Waals surface area contributed by atoms with Crippen LogP contribution in [0.5, 0.6) is 0 Å². The lowest BCUT2D eigenvalue weighted by molar-refractivity contribution is -0.133. The average molecular weight is 422 g/mol. The topological polar surface area (TPSA) is 82.2 Å². The van der Waals surface area contributed by atoms with Crippen LogP contribution in [-0.2, 0) is 24.3 Å². The third kappa shape index (κ3) is 4.42. The summed E-state index contributed by atoms with van der Waals surface area (Å²) in [5.74, 6) is 1.45. The van der Waals surface area contributed by atoms with E-state index in [9.17, 15) is 9.59 Å². The molecular weight excluding hydrogens is 390 g/mol. The van der Waals surface area contributed by atoms with E-state index >= 15 is 0 Å². The number of hydrogen-bond acceptors (Lipinski definition) is 5. The summed E-state index contributed by atoms with van der Waals surface area (Å²) in [6.45, 7) is 3.02. The quantitative estimate of drug-likeness (QED) is 0.803. The van der Waals surface area contributed by atoms with Crippen molar-refractivity contribution in [2.45, 2.75) is 70.5 Å². The average Bonchev–Trinajstić information content (AvgIpc) is 3.47. The van der Waals surface area contributed by atoms with Crippen LogP contribution in [0.3, 0.4) is 0 Å². The second kappa shape index (κ2) is 8.91. The largest absolute Gasteiger partial charge is 0.333 e. The minimum atomic E-state index is -0.0830. The Hall–Kier alpha value is -2.54. The molecule has 164 valence electrons. The van der Waals surface area contributed by atoms with Crippen LogP contribution in [0.1, 0.15) is 73.6 Å². The van der Waals surface area contributed by atoms with Gasteiger partial charge >= 0.3 is 0 Å². The third-order valence-corrected chi connectivity index (χ3v) is 7.12. The van der Waals surface area contributed by atoms with Crippen LogP contribution in [0.15, 0.2) is 29.3 Å². The van der Waals surface area contributed by atoms with Gasteiger partial charge in [0.15, 0.2) is 0 Å². The molecule has 7 nitrogen and oxygen atoms in total. The van der Waals surface area contributed by atoms with Gasteiger partial charge in [-0.3, -0.25) is 19.5 Å². The lowest BCUT2D eigenvalue weighted by Crippen LogP contribution is -2.38. The summed E-state index contributed by atoms with van der Waals surface area (Å²) < 4.78 is 0. The Bertz CT molecular complexity index is 983. The molecule has 1 saturated heterocycles. The lowest BCUT2D eigenvalue weighted by Gasteiger charge is -2.29. The summed E-state index contributed by atoms with van der Waals surface area (Å²) in [5, 5.41) is 0. The summed E-state index contributed by atoms with van der Waals surface area (Å²) >= 11 is 0. The van der Waals surface area contributed by atoms with Crippen molar-refractivity contribution >= 4 is 5.91 Å². The van der Waals surface area contributed by atoms with Crippen molar-refractivity contribution in [3.63, 3.8) is 0 Å². The Morgan fingerprint density at radius 3 is 2.84 bits per heavy atom. The van der Waals surface area contributed by atoms with Gasteiger partial charge in [-0.05, 0) is 43.2 Å². The molecule has 2 aromatic heterocycles. The summed E-state index contributed by atoms with van der Waals surface area (Å²) in [7, 11) is 0. The van der Waals surface area contributed by atoms with Crippen LogP contribution in [0.25, 0.3) is 0 Å². The molecule has 2 fully saturated rings. The second-order valence-electron chi connectivity index (χ2n) is 9.30. The molecule has 1 saturated carbocycles. The van der Waals surface area contributed by atoms with E-state index in [-0.39, 0.29) is 17.5 Å². The normalized spacial score (nSPS) is 22.1. The van der Waals surface area contributed by atoms with Crippen molar-refractivity contribution in [3.8, 4) is 0 Å². The maximum atomic E-state index is 13.0. The van der Waals surface area contributed by atoms with Crippen molar-refractivity contribution in [2.75, 3.05) is 13.1 Å². The van der Waals surface area contributed by atoms with Gasteiger partial charge in [-0.15, -0.1) is 0 Å². The Morgan fingerprint density at radius 2 is 2.03 bits per heavy atom. The highest BCUT2D eigenvalue weighted by molar-refractivity contribution is 5.77. The zero-order valence-electron chi connectivity index (χ0n) is 18.1. The zero-order chi connectivity index (χ0) is 21.2. The van der Waals surface area contributed by atoms with E-state index in [1.54, 1.807) is 6.20 Å². The third-order valence-electron chi connectivity index (χ3n) is 7.12. The van der Waals surface area contributed by atoms with Crippen molar-refractivity contribution in [3.05, 3.63) is 57.5 Å². The first-order valence-electron chi connectivity index (χ1n) is 11.7. The number of aromatic nitrogens is 3. The number of pyridine rings is 1. The lowest BCUT2D eigenvalue weighted by atomic mass is 10.0. The second-order valence-corrected chi connectivity index (χ2v) is 9.30. The first kappa shape index (κ1) is 20.4. The number of nitrogens with zero attached hydrogens (tertiary/aromatic N) is 4.